The Morgan fingerprint density at radius 1 is 1.00 bits per heavy atom. The average Bonchev–Trinajstić information content (AvgIpc) is 2.72. The minimum atomic E-state index is -0.424. The number of rotatable bonds is 4. The first-order valence-electron chi connectivity index (χ1n) is 9.07. The van der Waals surface area contributed by atoms with Crippen LogP contribution in [0.2, 0.25) is 0 Å². The molecule has 7 nitrogen and oxygen atoms in total. The lowest BCUT2D eigenvalue weighted by atomic mass is 10.2. The molecule has 7 heteroatoms. The van der Waals surface area contributed by atoms with Crippen molar-refractivity contribution in [3.05, 3.63) is 65.0 Å². The Morgan fingerprint density at radius 2 is 1.71 bits per heavy atom. The van der Waals surface area contributed by atoms with Gasteiger partial charge in [-0.05, 0) is 42.5 Å². The van der Waals surface area contributed by atoms with Crippen molar-refractivity contribution in [1.29, 1.82) is 0 Å². The zero-order valence-corrected chi connectivity index (χ0v) is 15.2. The summed E-state index contributed by atoms with van der Waals surface area (Å²) in [4.78, 5) is 27.7. The van der Waals surface area contributed by atoms with Crippen LogP contribution in [0.4, 0.5) is 5.69 Å². The van der Waals surface area contributed by atoms with E-state index in [9.17, 15) is 14.7 Å². The third kappa shape index (κ3) is 3.93. The van der Waals surface area contributed by atoms with Crippen LogP contribution in [0.5, 0.6) is 11.5 Å². The molecule has 4 rings (SSSR count). The number of hydrogen-bond acceptors (Lipinski definition) is 6. The van der Waals surface area contributed by atoms with E-state index in [1.165, 1.54) is 6.07 Å². The van der Waals surface area contributed by atoms with Crippen LogP contribution in [0.1, 0.15) is 0 Å². The van der Waals surface area contributed by atoms with Crippen molar-refractivity contribution in [3.63, 3.8) is 0 Å². The summed E-state index contributed by atoms with van der Waals surface area (Å²) in [5, 5.41) is 10.2. The van der Waals surface area contributed by atoms with E-state index in [-0.39, 0.29) is 18.3 Å². The number of piperazine rings is 1. The number of phenols is 1. The van der Waals surface area contributed by atoms with E-state index in [0.717, 1.165) is 24.2 Å². The maximum absolute atomic E-state index is 12.5. The van der Waals surface area contributed by atoms with Gasteiger partial charge in [-0.1, -0.05) is 0 Å². The summed E-state index contributed by atoms with van der Waals surface area (Å²) in [7, 11) is 0. The molecule has 144 valence electrons. The minimum Gasteiger partial charge on any atom is -0.508 e. The van der Waals surface area contributed by atoms with Crippen LogP contribution >= 0.6 is 0 Å². The van der Waals surface area contributed by atoms with Crippen molar-refractivity contribution in [2.75, 3.05) is 37.7 Å². The lowest BCUT2D eigenvalue weighted by Gasteiger charge is -2.36. The number of amides is 1. The number of nitrogens with zero attached hydrogens (tertiary/aromatic N) is 2. The van der Waals surface area contributed by atoms with E-state index in [0.29, 0.717) is 24.4 Å². The van der Waals surface area contributed by atoms with Crippen molar-refractivity contribution in [2.45, 2.75) is 0 Å². The van der Waals surface area contributed by atoms with Gasteiger partial charge in [0.1, 0.15) is 17.1 Å². The van der Waals surface area contributed by atoms with E-state index >= 15 is 0 Å². The van der Waals surface area contributed by atoms with E-state index in [2.05, 4.69) is 4.90 Å². The molecule has 0 aliphatic carbocycles. The van der Waals surface area contributed by atoms with Crippen molar-refractivity contribution >= 4 is 22.6 Å². The van der Waals surface area contributed by atoms with Crippen molar-refractivity contribution < 1.29 is 19.1 Å². The molecule has 3 aromatic rings. The van der Waals surface area contributed by atoms with Crippen LogP contribution in [0.25, 0.3) is 11.0 Å². The highest BCUT2D eigenvalue weighted by Crippen LogP contribution is 2.21. The lowest BCUT2D eigenvalue weighted by Crippen LogP contribution is -2.50. The molecule has 1 aliphatic heterocycles. The van der Waals surface area contributed by atoms with E-state index in [1.54, 1.807) is 41.3 Å². The first-order chi connectivity index (χ1) is 13.6. The largest absolute Gasteiger partial charge is 0.508 e. The van der Waals surface area contributed by atoms with E-state index in [1.807, 2.05) is 12.1 Å². The monoisotopic (exact) mass is 380 g/mol. The molecule has 0 atom stereocenters. The zero-order chi connectivity index (χ0) is 19.5. The van der Waals surface area contributed by atoms with Gasteiger partial charge in [0.05, 0.1) is 0 Å². The van der Waals surface area contributed by atoms with Crippen LogP contribution in [0.15, 0.2) is 63.8 Å². The molecule has 1 aliphatic rings. The third-order valence-corrected chi connectivity index (χ3v) is 4.80. The molecule has 2 aromatic carbocycles. The van der Waals surface area contributed by atoms with E-state index < -0.39 is 5.63 Å². The smallest absolute Gasteiger partial charge is 0.336 e. The molecule has 1 amide bonds. The fourth-order valence-corrected chi connectivity index (χ4v) is 3.24. The van der Waals surface area contributed by atoms with Crippen molar-refractivity contribution in [3.8, 4) is 11.5 Å². The highest BCUT2D eigenvalue weighted by Gasteiger charge is 2.21. The molecule has 28 heavy (non-hydrogen) atoms. The number of carbonyl (C=O) groups is 1. The van der Waals surface area contributed by atoms with Crippen LogP contribution < -0.4 is 15.3 Å². The Hall–Kier alpha value is -3.48. The maximum atomic E-state index is 12.5. The van der Waals surface area contributed by atoms with Gasteiger partial charge in [0.15, 0.2) is 6.61 Å². The van der Waals surface area contributed by atoms with Gasteiger partial charge in [-0.15, -0.1) is 0 Å². The zero-order valence-electron chi connectivity index (χ0n) is 15.2. The quantitative estimate of drug-likeness (QED) is 0.699. The lowest BCUT2D eigenvalue weighted by molar-refractivity contribution is -0.133. The third-order valence-electron chi connectivity index (χ3n) is 4.80. The molecule has 1 aromatic heterocycles. The number of ether oxygens (including phenoxy) is 1. The summed E-state index contributed by atoms with van der Waals surface area (Å²) in [6, 6.07) is 15.3. The number of carbonyl (C=O) groups excluding carboxylic acids is 1. The molecule has 1 N–H and O–H groups in total. The van der Waals surface area contributed by atoms with Gasteiger partial charge >= 0.3 is 5.63 Å². The molecule has 0 spiro atoms. The van der Waals surface area contributed by atoms with Gasteiger partial charge < -0.3 is 24.1 Å². The Bertz CT molecular complexity index is 1040. The predicted molar refractivity (Wildman–Crippen MR) is 105 cm³/mol. The second kappa shape index (κ2) is 7.64. The standard InChI is InChI=1S/C21H20N2O5/c24-17-5-3-16(4-6-17)22-9-11-23(12-10-22)20(25)14-27-18-7-1-15-2-8-21(26)28-19(15)13-18/h1-8,13,24H,9-12,14H2. The SMILES string of the molecule is O=C(COc1ccc2ccc(=O)oc2c1)N1CCN(c2ccc(O)cc2)CC1. The first kappa shape index (κ1) is 17.9. The average molecular weight is 380 g/mol. The Balaban J connectivity index is 1.32. The van der Waals surface area contributed by atoms with Crippen LogP contribution in [0, 0.1) is 0 Å². The second-order valence-electron chi connectivity index (χ2n) is 6.63. The van der Waals surface area contributed by atoms with Crippen molar-refractivity contribution in [2.24, 2.45) is 0 Å². The first-order valence-corrected chi connectivity index (χ1v) is 9.07. The summed E-state index contributed by atoms with van der Waals surface area (Å²) in [6.45, 7) is 2.59. The molecule has 0 saturated carbocycles. The fourth-order valence-electron chi connectivity index (χ4n) is 3.24. The number of fused-ring (bicyclic) bond motifs is 1. The molecule has 0 radical (unpaired) electrons. The normalized spacial score (nSPS) is 14.3. The van der Waals surface area contributed by atoms with Gasteiger partial charge in [0.25, 0.3) is 5.91 Å². The highest BCUT2D eigenvalue weighted by molar-refractivity contribution is 5.79. The summed E-state index contributed by atoms with van der Waals surface area (Å²) in [5.41, 5.74) is 1.03. The number of aromatic hydroxyl groups is 1. The predicted octanol–water partition coefficient (Wildman–Crippen LogP) is 2.23. The molecule has 0 unspecified atom stereocenters. The van der Waals surface area contributed by atoms with Crippen molar-refractivity contribution in [1.82, 2.24) is 4.90 Å². The highest BCUT2D eigenvalue weighted by atomic mass is 16.5. The maximum Gasteiger partial charge on any atom is 0.336 e. The number of hydrogen-bond donors (Lipinski definition) is 1. The molecule has 0 bridgehead atoms. The molecular formula is C21H20N2O5. The number of benzene rings is 2. The van der Waals surface area contributed by atoms with Crippen LogP contribution in [-0.4, -0.2) is 48.7 Å². The van der Waals surface area contributed by atoms with Gasteiger partial charge in [-0.2, -0.15) is 0 Å². The van der Waals surface area contributed by atoms with Gasteiger partial charge in [-0.25, -0.2) is 4.79 Å². The summed E-state index contributed by atoms with van der Waals surface area (Å²) >= 11 is 0. The van der Waals surface area contributed by atoms with Gasteiger partial charge in [0.2, 0.25) is 0 Å². The summed E-state index contributed by atoms with van der Waals surface area (Å²) in [5.74, 6) is 0.639. The number of anilines is 1. The van der Waals surface area contributed by atoms with Gasteiger partial charge in [0, 0.05) is 49.4 Å². The molecule has 1 saturated heterocycles. The summed E-state index contributed by atoms with van der Waals surface area (Å²) < 4.78 is 10.7. The van der Waals surface area contributed by atoms with Gasteiger partial charge in [-0.3, -0.25) is 4.79 Å². The minimum absolute atomic E-state index is 0.0677. The van der Waals surface area contributed by atoms with Crippen LogP contribution in [-0.2, 0) is 4.79 Å². The fraction of sp³-hybridized carbons (Fsp3) is 0.238. The molecule has 1 fully saturated rings. The van der Waals surface area contributed by atoms with Crippen LogP contribution in [0.3, 0.4) is 0 Å². The Kier molecular flexibility index (Phi) is 4.89. The second-order valence-corrected chi connectivity index (χ2v) is 6.63. The number of phenolic OH excluding ortho intramolecular Hbond substituents is 1. The topological polar surface area (TPSA) is 83.2 Å². The van der Waals surface area contributed by atoms with E-state index in [4.69, 9.17) is 9.15 Å². The summed E-state index contributed by atoms with van der Waals surface area (Å²) in [6.07, 6.45) is 0. The molecular weight excluding hydrogens is 360 g/mol. The Labute approximate surface area is 161 Å². The Morgan fingerprint density at radius 3 is 2.46 bits per heavy atom. The molecule has 2 heterocycles.